The van der Waals surface area contributed by atoms with Gasteiger partial charge in [-0.3, -0.25) is 0 Å². The van der Waals surface area contributed by atoms with Gasteiger partial charge in [-0.1, -0.05) is 11.6 Å². The number of halogens is 1. The molecule has 1 rings (SSSR count). The predicted octanol–water partition coefficient (Wildman–Crippen LogP) is 1.19. The van der Waals surface area contributed by atoms with E-state index in [4.69, 9.17) is 16.7 Å². The maximum atomic E-state index is 10.8. The van der Waals surface area contributed by atoms with Crippen molar-refractivity contribution >= 4 is 23.4 Å². The molecule has 0 aromatic carbocycles. The number of aromatic nitrogens is 2. The van der Waals surface area contributed by atoms with Gasteiger partial charge in [0.1, 0.15) is 17.2 Å². The summed E-state index contributed by atoms with van der Waals surface area (Å²) in [6.07, 6.45) is 2.10. The van der Waals surface area contributed by atoms with Crippen molar-refractivity contribution in [2.24, 2.45) is 0 Å². The van der Waals surface area contributed by atoms with Crippen LogP contribution in [-0.4, -0.2) is 53.1 Å². The first-order valence-corrected chi connectivity index (χ1v) is 5.52. The molecule has 17 heavy (non-hydrogen) atoms. The first-order valence-electron chi connectivity index (χ1n) is 5.14. The molecule has 2 N–H and O–H groups in total. The zero-order valence-electron chi connectivity index (χ0n) is 9.77. The van der Waals surface area contributed by atoms with Crippen molar-refractivity contribution in [2.75, 3.05) is 32.5 Å². The van der Waals surface area contributed by atoms with Crippen LogP contribution in [-0.2, 0) is 0 Å². The number of nitrogens with zero attached hydrogens (tertiary/aromatic N) is 3. The molecule has 1 aromatic rings. The lowest BCUT2D eigenvalue weighted by atomic mass is 10.3. The Hall–Kier alpha value is -1.40. The van der Waals surface area contributed by atoms with Crippen molar-refractivity contribution in [1.29, 1.82) is 0 Å². The van der Waals surface area contributed by atoms with Gasteiger partial charge in [0.15, 0.2) is 5.69 Å². The van der Waals surface area contributed by atoms with E-state index in [1.165, 1.54) is 6.33 Å². The van der Waals surface area contributed by atoms with Gasteiger partial charge in [-0.15, -0.1) is 0 Å². The van der Waals surface area contributed by atoms with Gasteiger partial charge in [-0.2, -0.15) is 0 Å². The second-order valence-corrected chi connectivity index (χ2v) is 4.15. The highest BCUT2D eigenvalue weighted by atomic mass is 35.5. The molecule has 1 heterocycles. The van der Waals surface area contributed by atoms with E-state index in [-0.39, 0.29) is 10.7 Å². The monoisotopic (exact) mass is 258 g/mol. The standard InChI is InChI=1S/C10H15ClN4O2/c1-15(2)5-3-4-12-9-7(11)8(10(16)17)13-6-14-9/h6H,3-5H2,1-2H3,(H,16,17)(H,12,13,14). The van der Waals surface area contributed by atoms with Gasteiger partial charge in [0.25, 0.3) is 0 Å². The van der Waals surface area contributed by atoms with Gasteiger partial charge in [0.05, 0.1) is 0 Å². The molecule has 0 saturated heterocycles. The van der Waals surface area contributed by atoms with Gasteiger partial charge in [0, 0.05) is 6.54 Å². The zero-order chi connectivity index (χ0) is 12.8. The first-order chi connectivity index (χ1) is 8.02. The van der Waals surface area contributed by atoms with Crippen molar-refractivity contribution in [3.8, 4) is 0 Å². The predicted molar refractivity (Wildman–Crippen MR) is 65.7 cm³/mol. The number of hydrogen-bond acceptors (Lipinski definition) is 5. The maximum Gasteiger partial charge on any atom is 0.356 e. The number of carboxylic acid groups (broad SMARTS) is 1. The summed E-state index contributed by atoms with van der Waals surface area (Å²) in [6.45, 7) is 1.61. The molecule has 0 fully saturated rings. The molecule has 0 bridgehead atoms. The van der Waals surface area contributed by atoms with Crippen LogP contribution in [0.1, 0.15) is 16.9 Å². The Morgan fingerprint density at radius 1 is 1.53 bits per heavy atom. The van der Waals surface area contributed by atoms with Crippen molar-refractivity contribution < 1.29 is 9.90 Å². The second-order valence-electron chi connectivity index (χ2n) is 3.77. The Morgan fingerprint density at radius 3 is 2.82 bits per heavy atom. The number of carboxylic acids is 1. The Labute approximate surface area is 105 Å². The summed E-state index contributed by atoms with van der Waals surface area (Å²) in [6, 6.07) is 0. The molecule has 0 spiro atoms. The third kappa shape index (κ3) is 4.16. The van der Waals surface area contributed by atoms with Gasteiger partial charge >= 0.3 is 5.97 Å². The third-order valence-corrected chi connectivity index (χ3v) is 2.42. The molecule has 0 radical (unpaired) electrons. The summed E-state index contributed by atoms with van der Waals surface area (Å²) in [5.74, 6) is -0.799. The summed E-state index contributed by atoms with van der Waals surface area (Å²) in [4.78, 5) is 20.4. The van der Waals surface area contributed by atoms with E-state index >= 15 is 0 Å². The van der Waals surface area contributed by atoms with Crippen LogP contribution in [0.15, 0.2) is 6.33 Å². The van der Waals surface area contributed by atoms with E-state index < -0.39 is 5.97 Å². The molecular formula is C10H15ClN4O2. The number of aromatic carboxylic acids is 1. The quantitative estimate of drug-likeness (QED) is 0.747. The lowest BCUT2D eigenvalue weighted by Gasteiger charge is -2.11. The topological polar surface area (TPSA) is 78.3 Å². The molecule has 0 aliphatic heterocycles. The van der Waals surface area contributed by atoms with Gasteiger partial charge in [-0.05, 0) is 27.1 Å². The summed E-state index contributed by atoms with van der Waals surface area (Å²) < 4.78 is 0. The summed E-state index contributed by atoms with van der Waals surface area (Å²) in [5, 5.41) is 11.9. The molecule has 0 saturated carbocycles. The van der Waals surface area contributed by atoms with Crippen molar-refractivity contribution in [3.05, 3.63) is 17.0 Å². The fourth-order valence-corrected chi connectivity index (χ4v) is 1.49. The first kappa shape index (κ1) is 13.7. The smallest absolute Gasteiger partial charge is 0.356 e. The number of carbonyl (C=O) groups is 1. The number of rotatable bonds is 6. The van der Waals surface area contributed by atoms with Crippen LogP contribution in [0.2, 0.25) is 5.02 Å². The van der Waals surface area contributed by atoms with E-state index in [0.717, 1.165) is 13.0 Å². The van der Waals surface area contributed by atoms with Crippen LogP contribution < -0.4 is 5.32 Å². The summed E-state index contributed by atoms with van der Waals surface area (Å²) in [7, 11) is 3.97. The van der Waals surface area contributed by atoms with Gasteiger partial charge < -0.3 is 15.3 Å². The lowest BCUT2D eigenvalue weighted by molar-refractivity contribution is 0.0690. The summed E-state index contributed by atoms with van der Waals surface area (Å²) >= 11 is 5.87. The highest BCUT2D eigenvalue weighted by molar-refractivity contribution is 6.35. The Balaban J connectivity index is 2.59. The Kier molecular flexibility index (Phi) is 5.11. The fourth-order valence-electron chi connectivity index (χ4n) is 1.24. The highest BCUT2D eigenvalue weighted by Crippen LogP contribution is 2.21. The molecule has 0 unspecified atom stereocenters. The molecule has 0 amide bonds. The highest BCUT2D eigenvalue weighted by Gasteiger charge is 2.14. The largest absolute Gasteiger partial charge is 0.476 e. The lowest BCUT2D eigenvalue weighted by Crippen LogP contribution is -2.17. The van der Waals surface area contributed by atoms with Crippen molar-refractivity contribution in [3.63, 3.8) is 0 Å². The van der Waals surface area contributed by atoms with E-state index in [1.807, 2.05) is 14.1 Å². The van der Waals surface area contributed by atoms with Crippen molar-refractivity contribution in [1.82, 2.24) is 14.9 Å². The molecule has 6 nitrogen and oxygen atoms in total. The zero-order valence-corrected chi connectivity index (χ0v) is 10.5. The van der Waals surface area contributed by atoms with Gasteiger partial charge in [0.2, 0.25) is 0 Å². The van der Waals surface area contributed by atoms with Crippen molar-refractivity contribution in [2.45, 2.75) is 6.42 Å². The fraction of sp³-hybridized carbons (Fsp3) is 0.500. The van der Waals surface area contributed by atoms with Gasteiger partial charge in [-0.25, -0.2) is 14.8 Å². The average Bonchev–Trinajstić information content (AvgIpc) is 2.25. The SMILES string of the molecule is CN(C)CCCNc1ncnc(C(=O)O)c1Cl. The average molecular weight is 259 g/mol. The van der Waals surface area contributed by atoms with Crippen LogP contribution in [0.3, 0.4) is 0 Å². The van der Waals surface area contributed by atoms with Crippen LogP contribution >= 0.6 is 11.6 Å². The molecule has 1 aromatic heterocycles. The van der Waals surface area contributed by atoms with E-state index in [0.29, 0.717) is 12.4 Å². The van der Waals surface area contributed by atoms with E-state index in [2.05, 4.69) is 20.2 Å². The molecule has 0 aliphatic rings. The number of nitrogens with one attached hydrogen (secondary N) is 1. The normalized spacial score (nSPS) is 10.6. The van der Waals surface area contributed by atoms with Crippen LogP contribution in [0.5, 0.6) is 0 Å². The molecule has 0 aliphatic carbocycles. The molecular weight excluding hydrogens is 244 g/mol. The maximum absolute atomic E-state index is 10.8. The minimum absolute atomic E-state index is 0.0462. The molecule has 94 valence electrons. The minimum Gasteiger partial charge on any atom is -0.476 e. The molecule has 7 heteroatoms. The van der Waals surface area contributed by atoms with E-state index in [1.54, 1.807) is 0 Å². The Bertz CT molecular complexity index is 398. The second kappa shape index (κ2) is 6.36. The van der Waals surface area contributed by atoms with E-state index in [9.17, 15) is 4.79 Å². The van der Waals surface area contributed by atoms with Crippen LogP contribution in [0.25, 0.3) is 0 Å². The summed E-state index contributed by atoms with van der Waals surface area (Å²) in [5.41, 5.74) is -0.184. The molecule has 0 atom stereocenters. The number of hydrogen-bond donors (Lipinski definition) is 2. The van der Waals surface area contributed by atoms with Crippen LogP contribution in [0.4, 0.5) is 5.82 Å². The number of anilines is 1. The Morgan fingerprint density at radius 2 is 2.24 bits per heavy atom. The van der Waals surface area contributed by atoms with Crippen LogP contribution in [0, 0.1) is 0 Å². The minimum atomic E-state index is -1.16. The third-order valence-electron chi connectivity index (χ3n) is 2.07.